The molecular formula is C29H31IN4O5. The Morgan fingerprint density at radius 3 is 2.33 bits per heavy atom. The molecule has 9 nitrogen and oxygen atoms in total. The number of nitrogens with zero attached hydrogens (tertiary/aromatic N) is 1. The molecule has 0 aliphatic carbocycles. The lowest BCUT2D eigenvalue weighted by molar-refractivity contribution is -0.136. The van der Waals surface area contributed by atoms with Crippen molar-refractivity contribution in [3.05, 3.63) is 79.9 Å². The second-order valence-corrected chi connectivity index (χ2v) is 9.97. The smallest absolute Gasteiger partial charge is 0.329 e. The Morgan fingerprint density at radius 2 is 1.67 bits per heavy atom. The van der Waals surface area contributed by atoms with Crippen LogP contribution in [0.2, 0.25) is 0 Å². The van der Waals surface area contributed by atoms with E-state index in [1.807, 2.05) is 52.0 Å². The summed E-state index contributed by atoms with van der Waals surface area (Å²) in [6.45, 7) is 7.66. The molecular weight excluding hydrogens is 611 g/mol. The minimum atomic E-state index is -0.899. The van der Waals surface area contributed by atoms with Crippen LogP contribution in [0.3, 0.4) is 0 Å². The first-order valence-electron chi connectivity index (χ1n) is 12.2. The van der Waals surface area contributed by atoms with Gasteiger partial charge in [-0.3, -0.25) is 14.4 Å². The lowest BCUT2D eigenvalue weighted by Crippen LogP contribution is -2.32. The van der Waals surface area contributed by atoms with Gasteiger partial charge >= 0.3 is 11.8 Å². The lowest BCUT2D eigenvalue weighted by Gasteiger charge is -2.15. The van der Waals surface area contributed by atoms with Gasteiger partial charge in [0.2, 0.25) is 0 Å². The third kappa shape index (κ3) is 8.03. The fraction of sp³-hybridized carbons (Fsp3) is 0.241. The molecule has 3 aromatic rings. The zero-order valence-electron chi connectivity index (χ0n) is 22.5. The topological polar surface area (TPSA) is 118 Å². The van der Waals surface area contributed by atoms with Crippen LogP contribution >= 0.6 is 22.6 Å². The van der Waals surface area contributed by atoms with E-state index < -0.39 is 11.8 Å². The second kappa shape index (κ2) is 13.7. The Balaban J connectivity index is 1.61. The summed E-state index contributed by atoms with van der Waals surface area (Å²) in [5.74, 6) is -1.22. The molecule has 39 heavy (non-hydrogen) atoms. The maximum atomic E-state index is 12.6. The van der Waals surface area contributed by atoms with Gasteiger partial charge in [-0.15, -0.1) is 0 Å². The number of nitrogens with one attached hydrogen (secondary N) is 3. The van der Waals surface area contributed by atoms with Crippen molar-refractivity contribution < 1.29 is 23.9 Å². The maximum Gasteiger partial charge on any atom is 0.329 e. The number of hydrazone groups is 1. The molecule has 0 aliphatic heterocycles. The molecule has 0 spiro atoms. The van der Waals surface area contributed by atoms with E-state index in [-0.39, 0.29) is 12.5 Å². The SMILES string of the molecule is CCc1ccccc1NC(=O)C(=O)N/N=C\c1cc(I)c(OCC(=O)Nc2c(C)cc(C)cc2C)c(OC)c1. The van der Waals surface area contributed by atoms with E-state index in [0.29, 0.717) is 32.7 Å². The fourth-order valence-electron chi connectivity index (χ4n) is 3.99. The summed E-state index contributed by atoms with van der Waals surface area (Å²) in [5.41, 5.74) is 8.18. The molecule has 0 unspecified atom stereocenters. The van der Waals surface area contributed by atoms with E-state index in [0.717, 1.165) is 27.9 Å². The van der Waals surface area contributed by atoms with E-state index in [1.165, 1.54) is 13.3 Å². The van der Waals surface area contributed by atoms with E-state index >= 15 is 0 Å². The van der Waals surface area contributed by atoms with Gasteiger partial charge in [-0.25, -0.2) is 5.43 Å². The van der Waals surface area contributed by atoms with Gasteiger partial charge in [0.1, 0.15) is 0 Å². The molecule has 204 valence electrons. The van der Waals surface area contributed by atoms with Gasteiger partial charge in [0, 0.05) is 11.4 Å². The van der Waals surface area contributed by atoms with Crippen LogP contribution in [0.15, 0.2) is 53.6 Å². The van der Waals surface area contributed by atoms with Crippen molar-refractivity contribution in [2.75, 3.05) is 24.4 Å². The predicted molar refractivity (Wildman–Crippen MR) is 161 cm³/mol. The van der Waals surface area contributed by atoms with Crippen LogP contribution in [0.4, 0.5) is 11.4 Å². The van der Waals surface area contributed by atoms with E-state index in [1.54, 1.807) is 24.3 Å². The molecule has 0 radical (unpaired) electrons. The largest absolute Gasteiger partial charge is 0.493 e. The molecule has 3 amide bonds. The van der Waals surface area contributed by atoms with Crippen molar-refractivity contribution in [1.82, 2.24) is 5.43 Å². The van der Waals surface area contributed by atoms with E-state index in [2.05, 4.69) is 43.8 Å². The van der Waals surface area contributed by atoms with Crippen LogP contribution in [0.5, 0.6) is 11.5 Å². The van der Waals surface area contributed by atoms with Gasteiger partial charge in [-0.1, -0.05) is 42.8 Å². The Hall–Kier alpha value is -3.93. The van der Waals surface area contributed by atoms with Crippen molar-refractivity contribution in [3.63, 3.8) is 0 Å². The van der Waals surface area contributed by atoms with Crippen LogP contribution < -0.4 is 25.5 Å². The summed E-state index contributed by atoms with van der Waals surface area (Å²) >= 11 is 2.06. The Bertz CT molecular complexity index is 1400. The summed E-state index contributed by atoms with van der Waals surface area (Å²) in [6, 6.07) is 14.7. The van der Waals surface area contributed by atoms with Crippen molar-refractivity contribution in [3.8, 4) is 11.5 Å². The van der Waals surface area contributed by atoms with Gasteiger partial charge in [0.05, 0.1) is 16.9 Å². The first-order valence-corrected chi connectivity index (χ1v) is 13.3. The van der Waals surface area contributed by atoms with Crippen molar-refractivity contribution in [2.45, 2.75) is 34.1 Å². The van der Waals surface area contributed by atoms with Crippen LogP contribution in [0.1, 0.15) is 34.7 Å². The summed E-state index contributed by atoms with van der Waals surface area (Å²) in [5, 5.41) is 9.40. The van der Waals surface area contributed by atoms with Crippen molar-refractivity contribution in [1.29, 1.82) is 0 Å². The highest BCUT2D eigenvalue weighted by Crippen LogP contribution is 2.33. The molecule has 3 N–H and O–H groups in total. The highest BCUT2D eigenvalue weighted by atomic mass is 127. The lowest BCUT2D eigenvalue weighted by atomic mass is 10.1. The quantitative estimate of drug-likeness (QED) is 0.133. The molecule has 0 bridgehead atoms. The monoisotopic (exact) mass is 642 g/mol. The van der Waals surface area contributed by atoms with E-state index in [4.69, 9.17) is 9.47 Å². The highest BCUT2D eigenvalue weighted by molar-refractivity contribution is 14.1. The first kappa shape index (κ1) is 29.6. The molecule has 0 saturated heterocycles. The number of carbonyl (C=O) groups is 3. The number of hydrogen-bond donors (Lipinski definition) is 3. The van der Waals surface area contributed by atoms with Gasteiger partial charge in [0.15, 0.2) is 18.1 Å². The molecule has 10 heteroatoms. The number of para-hydroxylation sites is 1. The second-order valence-electron chi connectivity index (χ2n) is 8.81. The minimum Gasteiger partial charge on any atom is -0.493 e. The normalized spacial score (nSPS) is 10.7. The minimum absolute atomic E-state index is 0.209. The number of benzene rings is 3. The number of methoxy groups -OCH3 is 1. The molecule has 0 heterocycles. The molecule has 0 atom stereocenters. The number of carbonyl (C=O) groups excluding carboxylic acids is 3. The average Bonchev–Trinajstić information content (AvgIpc) is 2.90. The highest BCUT2D eigenvalue weighted by Gasteiger charge is 2.16. The van der Waals surface area contributed by atoms with Gasteiger partial charge in [0.25, 0.3) is 5.91 Å². The fourth-order valence-corrected chi connectivity index (χ4v) is 4.77. The number of aryl methyl sites for hydroxylation is 4. The summed E-state index contributed by atoms with van der Waals surface area (Å²) in [6.07, 6.45) is 2.10. The number of anilines is 2. The Labute approximate surface area is 241 Å². The van der Waals surface area contributed by atoms with Crippen LogP contribution in [-0.2, 0) is 20.8 Å². The Kier molecular flexibility index (Phi) is 10.4. The molecule has 0 saturated carbocycles. The van der Waals surface area contributed by atoms with Crippen LogP contribution in [0.25, 0.3) is 0 Å². The standard InChI is InChI=1S/C29H31IN4O5/c1-6-21-9-7-8-10-23(21)32-28(36)29(37)34-31-15-20-13-22(30)27(24(14-20)38-5)39-16-25(35)33-26-18(3)11-17(2)12-19(26)4/h7-15H,6,16H2,1-5H3,(H,32,36)(H,33,35)(H,34,37)/b31-15-. The molecule has 3 aromatic carbocycles. The predicted octanol–water partition coefficient (Wildman–Crippen LogP) is 4.89. The summed E-state index contributed by atoms with van der Waals surface area (Å²) < 4.78 is 11.9. The molecule has 0 aromatic heterocycles. The van der Waals surface area contributed by atoms with Crippen LogP contribution in [0, 0.1) is 24.3 Å². The summed E-state index contributed by atoms with van der Waals surface area (Å²) in [7, 11) is 1.48. The molecule has 0 aliphatic rings. The first-order chi connectivity index (χ1) is 18.6. The number of halogens is 1. The van der Waals surface area contributed by atoms with E-state index in [9.17, 15) is 14.4 Å². The number of ether oxygens (including phenoxy) is 2. The average molecular weight is 642 g/mol. The number of rotatable bonds is 9. The van der Waals surface area contributed by atoms with Gasteiger partial charge in [-0.05, 0) is 90.2 Å². The van der Waals surface area contributed by atoms with Gasteiger partial charge < -0.3 is 20.1 Å². The number of hydrogen-bond acceptors (Lipinski definition) is 6. The zero-order chi connectivity index (χ0) is 28.5. The summed E-state index contributed by atoms with van der Waals surface area (Å²) in [4.78, 5) is 37.0. The number of amides is 3. The third-order valence-electron chi connectivity index (χ3n) is 5.77. The van der Waals surface area contributed by atoms with Crippen molar-refractivity contribution in [2.24, 2.45) is 5.10 Å². The van der Waals surface area contributed by atoms with Gasteiger partial charge in [-0.2, -0.15) is 5.10 Å². The maximum absolute atomic E-state index is 12.6. The molecule has 0 fully saturated rings. The zero-order valence-corrected chi connectivity index (χ0v) is 24.6. The third-order valence-corrected chi connectivity index (χ3v) is 6.57. The Morgan fingerprint density at radius 1 is 0.974 bits per heavy atom. The van der Waals surface area contributed by atoms with Crippen LogP contribution in [-0.4, -0.2) is 37.7 Å². The molecule has 3 rings (SSSR count). The van der Waals surface area contributed by atoms with Crippen molar-refractivity contribution >= 4 is 57.9 Å².